The van der Waals surface area contributed by atoms with Crippen molar-refractivity contribution in [2.45, 2.75) is 149 Å². The third kappa shape index (κ3) is 54.6. The Morgan fingerprint density at radius 3 is 1.22 bits per heavy atom. The van der Waals surface area contributed by atoms with E-state index in [9.17, 15) is 38.9 Å². The van der Waals surface area contributed by atoms with Crippen molar-refractivity contribution in [1.29, 1.82) is 0 Å². The smallest absolute Gasteiger partial charge is 0.481 e. The van der Waals surface area contributed by atoms with Crippen LogP contribution in [0, 0.1) is 10.1 Å². The maximum Gasteiger partial charge on any atom is 0.513 e. The topological polar surface area (TPSA) is 371 Å². The summed E-state index contributed by atoms with van der Waals surface area (Å²) in [6, 6.07) is 5.08. The quantitative estimate of drug-likeness (QED) is 0.00430. The van der Waals surface area contributed by atoms with Crippen molar-refractivity contribution in [3.05, 3.63) is 34.4 Å². The predicted molar refractivity (Wildman–Crippen MR) is 365 cm³/mol. The number of unbranched alkanes of at least 4 members (excludes halogenated alkanes) is 4. The van der Waals surface area contributed by atoms with Crippen molar-refractivity contribution < 1.29 is 82.2 Å². The SMILES string of the molecule is NCCOCCO.NNC(=O)OCCOCCNC(=O)CCCCC1CCSS1.O=C(CCCCC1CCSS1)NCCOCCO.O=C(CCCCC1CCSS1)NCCOCCOC(=O)Oc1ccc([N+](=O)[O-])cc1.O=C(O)CCCCC1CCSS1. The van der Waals surface area contributed by atoms with Gasteiger partial charge in [0.05, 0.1) is 71.0 Å². The average Bonchev–Trinajstić information content (AvgIpc) is 4.49. The lowest BCUT2D eigenvalue weighted by molar-refractivity contribution is -0.384. The molecule has 4 saturated heterocycles. The molecule has 4 atom stereocenters. The number of nitrogens with zero attached hydrogens (tertiary/aromatic N) is 1. The predicted octanol–water partition coefficient (Wildman–Crippen LogP) is 8.96. The molecule has 0 aliphatic carbocycles. The highest BCUT2D eigenvalue weighted by Gasteiger charge is 2.19. The number of rotatable bonds is 43. The van der Waals surface area contributed by atoms with Crippen LogP contribution in [0.25, 0.3) is 0 Å². The number of hydrogen-bond acceptors (Lipinski definition) is 27. The first-order valence-electron chi connectivity index (χ1n) is 30.4. The highest BCUT2D eigenvalue weighted by Crippen LogP contribution is 2.42. The molecule has 5 rings (SSSR count). The van der Waals surface area contributed by atoms with E-state index in [0.29, 0.717) is 91.5 Å². The number of nitrogens with two attached hydrogens (primary N) is 2. The molecule has 0 radical (unpaired) electrons. The van der Waals surface area contributed by atoms with Gasteiger partial charge in [-0.05, 0) is 89.2 Å². The molecule has 0 aromatic heterocycles. The number of carbonyl (C=O) groups is 6. The third-order valence-corrected chi connectivity index (χ3v) is 24.4. The molecule has 4 unspecified atom stereocenters. The standard InChI is InChI=1S/C19H26N2O7S2.C13H25N3O4S2.C12H23NO3S2.C8H14O2S2.C4H11NO2/c22-18(4-2-1-3-17-9-14-29-30-17)20-10-11-26-12-13-27-19(23)28-16-7-5-15(6-8-16)21(24)25;14-16-13(18)20-9-8-19-7-6-15-12(17)4-2-1-3-11-5-10-21-22-11;14-7-9-16-8-6-13-12(15)4-2-1-3-11-5-10-17-18-11;9-8(10)4-2-1-3-7-5-6-11-12-7;5-1-3-7-4-2-6/h5-8,17H,1-4,9-14H2,(H,20,22);11H,1-10,14H2,(H,15,17)(H,16,18);11,14H,1-10H2,(H,13,15);7H,1-6H2,(H,9,10);6H,1-5H2. The number of hydrazine groups is 1. The lowest BCUT2D eigenvalue weighted by atomic mass is 10.1. The van der Waals surface area contributed by atoms with Gasteiger partial charge in [-0.15, -0.1) is 0 Å². The number of carboxylic acids is 1. The summed E-state index contributed by atoms with van der Waals surface area (Å²) in [5, 5.41) is 47.1. The Kier molecular flexibility index (Phi) is 58.6. The van der Waals surface area contributed by atoms with E-state index in [1.54, 1.807) is 0 Å². The van der Waals surface area contributed by atoms with Crippen LogP contribution in [-0.2, 0) is 47.6 Å². The number of non-ortho nitro benzene ring substituents is 1. The van der Waals surface area contributed by atoms with E-state index in [1.807, 2.05) is 91.8 Å². The third-order valence-electron chi connectivity index (χ3n) is 12.3. The molecule has 4 heterocycles. The van der Waals surface area contributed by atoms with Crippen LogP contribution in [0.15, 0.2) is 24.3 Å². The summed E-state index contributed by atoms with van der Waals surface area (Å²) in [5.41, 5.74) is 6.81. The maximum absolute atomic E-state index is 11.8. The fourth-order valence-electron chi connectivity index (χ4n) is 7.73. The highest BCUT2D eigenvalue weighted by atomic mass is 33.1. The number of amides is 4. The first kappa shape index (κ1) is 84.5. The zero-order chi connectivity index (χ0) is 65.1. The van der Waals surface area contributed by atoms with Gasteiger partial charge in [0.2, 0.25) is 17.7 Å². The Morgan fingerprint density at radius 2 is 0.888 bits per heavy atom. The minimum atomic E-state index is -0.921. The molecular weight excluding hydrogens is 1320 g/mol. The fraction of sp³-hybridized carbons (Fsp3) is 0.786. The van der Waals surface area contributed by atoms with Crippen LogP contribution >= 0.6 is 86.4 Å². The molecule has 1 aromatic carbocycles. The van der Waals surface area contributed by atoms with Crippen LogP contribution in [0.1, 0.15) is 128 Å². The normalized spacial score (nSPS) is 17.2. The maximum atomic E-state index is 11.8. The second kappa shape index (κ2) is 61.7. The zero-order valence-electron chi connectivity index (χ0n) is 51.2. The van der Waals surface area contributed by atoms with E-state index < -0.39 is 23.1 Å². The Hall–Kier alpha value is -2.48. The second-order valence-electron chi connectivity index (χ2n) is 19.7. The molecule has 514 valence electrons. The number of nitro benzene ring substituents is 1. The summed E-state index contributed by atoms with van der Waals surface area (Å²) < 4.78 is 34.7. The van der Waals surface area contributed by atoms with Gasteiger partial charge in [-0.25, -0.2) is 15.4 Å². The molecule has 4 aliphatic rings. The molecule has 11 N–H and O–H groups in total. The van der Waals surface area contributed by atoms with Crippen molar-refractivity contribution in [3.8, 4) is 5.75 Å². The van der Waals surface area contributed by atoms with Crippen molar-refractivity contribution in [3.63, 3.8) is 0 Å². The molecular formula is C56H99N7O18S8. The molecule has 1 aromatic rings. The van der Waals surface area contributed by atoms with Crippen molar-refractivity contribution >= 4 is 128 Å². The summed E-state index contributed by atoms with van der Waals surface area (Å²) in [6.07, 6.45) is 18.6. The van der Waals surface area contributed by atoms with Crippen molar-refractivity contribution in [2.75, 3.05) is 128 Å². The number of ether oxygens (including phenoxy) is 7. The van der Waals surface area contributed by atoms with Crippen LogP contribution in [0.3, 0.4) is 0 Å². The summed E-state index contributed by atoms with van der Waals surface area (Å²) >= 11 is 0. The summed E-state index contributed by atoms with van der Waals surface area (Å²) in [4.78, 5) is 77.1. The van der Waals surface area contributed by atoms with Crippen LogP contribution < -0.4 is 37.7 Å². The lowest BCUT2D eigenvalue weighted by Crippen LogP contribution is -2.32. The van der Waals surface area contributed by atoms with Gasteiger partial charge in [-0.2, -0.15) is 0 Å². The zero-order valence-corrected chi connectivity index (χ0v) is 57.8. The van der Waals surface area contributed by atoms with Crippen LogP contribution in [0.2, 0.25) is 0 Å². The van der Waals surface area contributed by atoms with Crippen molar-refractivity contribution in [1.82, 2.24) is 21.4 Å². The Morgan fingerprint density at radius 1 is 0.517 bits per heavy atom. The van der Waals surface area contributed by atoms with Gasteiger partial charge < -0.3 is 70.2 Å². The molecule has 4 aliphatic heterocycles. The first-order valence-corrected chi connectivity index (χ1v) is 39.9. The van der Waals surface area contributed by atoms with Crippen LogP contribution in [-0.4, -0.2) is 206 Å². The Bertz CT molecular complexity index is 1950. The van der Waals surface area contributed by atoms with Gasteiger partial charge in [0, 0.05) is 108 Å². The summed E-state index contributed by atoms with van der Waals surface area (Å²) in [5.74, 6) is 9.57. The number of aliphatic carboxylic acids is 1. The van der Waals surface area contributed by atoms with E-state index in [2.05, 4.69) is 20.7 Å². The number of nitrogens with one attached hydrogen (secondary N) is 4. The minimum Gasteiger partial charge on any atom is -0.481 e. The Balaban J connectivity index is 0.000000595. The molecule has 0 spiro atoms. The number of carboxylic acid groups (broad SMARTS) is 1. The van der Waals surface area contributed by atoms with Gasteiger partial charge in [0.1, 0.15) is 19.0 Å². The number of nitro groups is 1. The van der Waals surface area contributed by atoms with Gasteiger partial charge in [-0.1, -0.05) is 112 Å². The second-order valence-corrected chi connectivity index (χ2v) is 30.8. The van der Waals surface area contributed by atoms with Gasteiger partial charge >= 0.3 is 18.2 Å². The molecule has 33 heteroatoms. The van der Waals surface area contributed by atoms with E-state index in [-0.39, 0.29) is 68.8 Å². The highest BCUT2D eigenvalue weighted by molar-refractivity contribution is 8.78. The van der Waals surface area contributed by atoms with Crippen LogP contribution in [0.5, 0.6) is 5.75 Å². The molecule has 0 bridgehead atoms. The first-order chi connectivity index (χ1) is 43.3. The molecule has 4 amide bonds. The Labute approximate surface area is 557 Å². The van der Waals surface area contributed by atoms with Crippen LogP contribution in [0.4, 0.5) is 15.3 Å². The average molecular weight is 1410 g/mol. The van der Waals surface area contributed by atoms with Gasteiger partial charge in [0.25, 0.3) is 5.69 Å². The van der Waals surface area contributed by atoms with E-state index in [4.69, 9.17) is 55.3 Å². The molecule has 89 heavy (non-hydrogen) atoms. The summed E-state index contributed by atoms with van der Waals surface area (Å²) in [7, 11) is 15.7. The minimum absolute atomic E-state index is 0.00275. The number of aliphatic hydroxyl groups is 2. The number of aliphatic hydroxyl groups excluding tert-OH is 2. The summed E-state index contributed by atoms with van der Waals surface area (Å²) in [6.45, 7) is 5.11. The van der Waals surface area contributed by atoms with E-state index >= 15 is 0 Å². The number of benzene rings is 1. The van der Waals surface area contributed by atoms with E-state index in [0.717, 1.165) is 72.4 Å². The van der Waals surface area contributed by atoms with Crippen molar-refractivity contribution in [2.24, 2.45) is 11.6 Å². The number of hydrogen-bond donors (Lipinski definition) is 9. The fourth-order valence-corrected chi connectivity index (χ4v) is 19.8. The monoisotopic (exact) mass is 1410 g/mol. The lowest BCUT2D eigenvalue weighted by Gasteiger charge is -2.08. The van der Waals surface area contributed by atoms with Gasteiger partial charge in [0.15, 0.2) is 0 Å². The molecule has 4 fully saturated rings. The molecule has 0 saturated carbocycles. The molecule has 25 nitrogen and oxygen atoms in total. The largest absolute Gasteiger partial charge is 0.513 e. The van der Waals surface area contributed by atoms with E-state index in [1.165, 1.54) is 98.6 Å². The number of carbonyl (C=O) groups excluding carboxylic acids is 5. The van der Waals surface area contributed by atoms with Gasteiger partial charge in [-0.3, -0.25) is 34.7 Å².